The normalized spacial score (nSPS) is 12.7. The van der Waals surface area contributed by atoms with Crippen LogP contribution in [0.15, 0.2) is 51.7 Å². The minimum Gasteiger partial charge on any atom is -0.450 e. The molecule has 2 aromatic carbocycles. The largest absolute Gasteiger partial charge is 0.450 e. The smallest absolute Gasteiger partial charge is 0.411 e. The number of nitrogens with zero attached hydrogens (tertiary/aromatic N) is 2. The Labute approximate surface area is 179 Å². The molecule has 1 aromatic heterocycles. The van der Waals surface area contributed by atoms with Crippen molar-refractivity contribution >= 4 is 40.3 Å². The zero-order chi connectivity index (χ0) is 23.0. The van der Waals surface area contributed by atoms with E-state index >= 15 is 0 Å². The second kappa shape index (κ2) is 7.95. The molecular weight excluding hydrogens is 422 g/mol. The van der Waals surface area contributed by atoms with E-state index in [4.69, 9.17) is 9.15 Å². The highest BCUT2D eigenvalue weighted by atomic mass is 16.6. The Kier molecular flexibility index (Phi) is 5.15. The Bertz CT molecular complexity index is 1360. The Morgan fingerprint density at radius 1 is 1.16 bits per heavy atom. The summed E-state index contributed by atoms with van der Waals surface area (Å²) in [6.45, 7) is 1.53. The molecule has 0 aliphatic carbocycles. The van der Waals surface area contributed by atoms with Gasteiger partial charge in [-0.2, -0.15) is 0 Å². The number of anilines is 1. The number of ether oxygens (including phenoxy) is 1. The van der Waals surface area contributed by atoms with Crippen molar-refractivity contribution in [1.82, 2.24) is 4.90 Å². The summed E-state index contributed by atoms with van der Waals surface area (Å²) in [5, 5.41) is 14.2. The molecular formula is C21H15N3O8. The number of nitro groups is 1. The molecule has 1 aliphatic rings. The molecule has 0 bridgehead atoms. The Morgan fingerprint density at radius 3 is 2.66 bits per heavy atom. The lowest BCUT2D eigenvalue weighted by Crippen LogP contribution is -2.29. The molecule has 4 rings (SSSR count). The van der Waals surface area contributed by atoms with E-state index < -0.39 is 34.1 Å². The molecule has 0 fully saturated rings. The van der Waals surface area contributed by atoms with Gasteiger partial charge in [-0.05, 0) is 30.7 Å². The van der Waals surface area contributed by atoms with E-state index in [1.807, 2.05) is 0 Å². The number of carbonyl (C=O) groups excluding carboxylic acids is 3. The summed E-state index contributed by atoms with van der Waals surface area (Å²) < 4.78 is 9.99. The number of nitro benzene ring substituents is 1. The molecule has 11 heteroatoms. The van der Waals surface area contributed by atoms with Gasteiger partial charge in [-0.1, -0.05) is 6.07 Å². The average Bonchev–Trinajstić information content (AvgIpc) is 2.98. The van der Waals surface area contributed by atoms with Crippen molar-refractivity contribution in [2.75, 3.05) is 11.9 Å². The first-order chi connectivity index (χ1) is 15.3. The SMILES string of the molecule is CCOC(=O)Nc1ccc2c(CN3C(=O)c4cccc([N+](=O)[O-])c4C3=O)cc(=O)oc2c1. The third kappa shape index (κ3) is 3.55. The summed E-state index contributed by atoms with van der Waals surface area (Å²) in [4.78, 5) is 60.7. The van der Waals surface area contributed by atoms with Crippen LogP contribution in [-0.4, -0.2) is 34.3 Å². The van der Waals surface area contributed by atoms with Gasteiger partial charge in [0.15, 0.2) is 0 Å². The molecule has 162 valence electrons. The van der Waals surface area contributed by atoms with Crippen LogP contribution < -0.4 is 10.9 Å². The maximum absolute atomic E-state index is 12.8. The lowest BCUT2D eigenvalue weighted by Gasteiger charge is -2.15. The first-order valence-corrected chi connectivity index (χ1v) is 9.44. The highest BCUT2D eigenvalue weighted by Crippen LogP contribution is 2.32. The van der Waals surface area contributed by atoms with Gasteiger partial charge in [-0.3, -0.25) is 29.9 Å². The molecule has 0 radical (unpaired) electrons. The van der Waals surface area contributed by atoms with E-state index in [2.05, 4.69) is 5.32 Å². The van der Waals surface area contributed by atoms with Crippen LogP contribution >= 0.6 is 0 Å². The Morgan fingerprint density at radius 2 is 1.94 bits per heavy atom. The molecule has 0 unspecified atom stereocenters. The quantitative estimate of drug-likeness (QED) is 0.277. The van der Waals surface area contributed by atoms with Crippen LogP contribution in [0.5, 0.6) is 0 Å². The number of imide groups is 1. The van der Waals surface area contributed by atoms with Crippen LogP contribution in [0.3, 0.4) is 0 Å². The molecule has 0 saturated heterocycles. The molecule has 32 heavy (non-hydrogen) atoms. The highest BCUT2D eigenvalue weighted by molar-refractivity contribution is 6.23. The second-order valence-corrected chi connectivity index (χ2v) is 6.80. The van der Waals surface area contributed by atoms with Crippen LogP contribution in [0.4, 0.5) is 16.2 Å². The van der Waals surface area contributed by atoms with Crippen molar-refractivity contribution in [3.05, 3.63) is 79.7 Å². The summed E-state index contributed by atoms with van der Waals surface area (Å²) >= 11 is 0. The van der Waals surface area contributed by atoms with Crippen molar-refractivity contribution in [3.63, 3.8) is 0 Å². The molecule has 0 atom stereocenters. The number of benzene rings is 2. The zero-order valence-corrected chi connectivity index (χ0v) is 16.6. The molecule has 1 aliphatic heterocycles. The van der Waals surface area contributed by atoms with Crippen LogP contribution in [0.2, 0.25) is 0 Å². The molecule has 11 nitrogen and oxygen atoms in total. The maximum atomic E-state index is 12.8. The monoisotopic (exact) mass is 437 g/mol. The summed E-state index contributed by atoms with van der Waals surface area (Å²) in [6.07, 6.45) is -0.682. The number of hydrogen-bond donors (Lipinski definition) is 1. The Hall–Kier alpha value is -4.54. The van der Waals surface area contributed by atoms with E-state index in [1.54, 1.807) is 13.0 Å². The highest BCUT2D eigenvalue weighted by Gasteiger charge is 2.41. The molecule has 0 spiro atoms. The van der Waals surface area contributed by atoms with E-state index in [9.17, 15) is 29.3 Å². The fraction of sp³-hybridized carbons (Fsp3) is 0.143. The minimum absolute atomic E-state index is 0.0719. The third-order valence-electron chi connectivity index (χ3n) is 4.85. The average molecular weight is 437 g/mol. The summed E-state index contributed by atoms with van der Waals surface area (Å²) in [6, 6.07) is 9.45. The lowest BCUT2D eigenvalue weighted by molar-refractivity contribution is -0.385. The van der Waals surface area contributed by atoms with Crippen molar-refractivity contribution in [3.8, 4) is 0 Å². The van der Waals surface area contributed by atoms with Crippen LogP contribution in [0, 0.1) is 10.1 Å². The standard InChI is InChI=1S/C21H15N3O8/c1-2-31-21(28)22-12-6-7-13-11(8-17(25)32-16(13)9-12)10-23-19(26)14-4-3-5-15(24(29)30)18(14)20(23)27/h3-9H,2,10H2,1H3,(H,22,28). The van der Waals surface area contributed by atoms with E-state index in [-0.39, 0.29) is 29.9 Å². The number of carbonyl (C=O) groups is 3. The number of nitrogens with one attached hydrogen (secondary N) is 1. The zero-order valence-electron chi connectivity index (χ0n) is 16.6. The molecule has 1 N–H and O–H groups in total. The predicted molar refractivity (Wildman–Crippen MR) is 110 cm³/mol. The number of fused-ring (bicyclic) bond motifs is 2. The topological polar surface area (TPSA) is 149 Å². The fourth-order valence-corrected chi connectivity index (χ4v) is 3.51. The fourth-order valence-electron chi connectivity index (χ4n) is 3.51. The van der Waals surface area contributed by atoms with Crippen molar-refractivity contribution in [1.29, 1.82) is 0 Å². The molecule has 3 aromatic rings. The Balaban J connectivity index is 1.70. The van der Waals surface area contributed by atoms with E-state index in [1.165, 1.54) is 24.3 Å². The van der Waals surface area contributed by atoms with E-state index in [0.717, 1.165) is 17.0 Å². The molecule has 0 saturated carbocycles. The second-order valence-electron chi connectivity index (χ2n) is 6.80. The van der Waals surface area contributed by atoms with E-state index in [0.29, 0.717) is 16.6 Å². The predicted octanol–water partition coefficient (Wildman–Crippen LogP) is 3.07. The van der Waals surface area contributed by atoms with Gasteiger partial charge in [-0.15, -0.1) is 0 Å². The van der Waals surface area contributed by atoms with Gasteiger partial charge in [0.1, 0.15) is 11.1 Å². The first-order valence-electron chi connectivity index (χ1n) is 9.44. The van der Waals surface area contributed by atoms with Gasteiger partial charge in [0.05, 0.1) is 23.6 Å². The molecule has 2 heterocycles. The summed E-state index contributed by atoms with van der Waals surface area (Å²) in [5.74, 6) is -1.52. The van der Waals surface area contributed by atoms with Crippen LogP contribution in [-0.2, 0) is 11.3 Å². The van der Waals surface area contributed by atoms with Crippen molar-refractivity contribution in [2.45, 2.75) is 13.5 Å². The van der Waals surface area contributed by atoms with Gasteiger partial charge >= 0.3 is 11.7 Å². The van der Waals surface area contributed by atoms with Crippen LogP contribution in [0.1, 0.15) is 33.2 Å². The van der Waals surface area contributed by atoms with Gasteiger partial charge in [0, 0.05) is 29.3 Å². The van der Waals surface area contributed by atoms with Gasteiger partial charge < -0.3 is 9.15 Å². The number of amides is 3. The van der Waals surface area contributed by atoms with Crippen molar-refractivity contribution in [2.24, 2.45) is 0 Å². The van der Waals surface area contributed by atoms with Gasteiger partial charge in [0.2, 0.25) is 0 Å². The first kappa shape index (κ1) is 20.7. The summed E-state index contributed by atoms with van der Waals surface area (Å²) in [5.41, 5.74) is -0.819. The maximum Gasteiger partial charge on any atom is 0.411 e. The van der Waals surface area contributed by atoms with Crippen LogP contribution in [0.25, 0.3) is 11.0 Å². The number of rotatable bonds is 5. The number of hydrogen-bond acceptors (Lipinski definition) is 8. The lowest BCUT2D eigenvalue weighted by atomic mass is 10.1. The third-order valence-corrected chi connectivity index (χ3v) is 4.85. The van der Waals surface area contributed by atoms with Gasteiger partial charge in [0.25, 0.3) is 17.5 Å². The van der Waals surface area contributed by atoms with Crippen molar-refractivity contribution < 1.29 is 28.5 Å². The molecule has 3 amide bonds. The summed E-state index contributed by atoms with van der Waals surface area (Å²) in [7, 11) is 0. The minimum atomic E-state index is -0.820. The van der Waals surface area contributed by atoms with Gasteiger partial charge in [-0.25, -0.2) is 9.59 Å².